The molecular formula is C9H13BrN2O3S2. The van der Waals surface area contributed by atoms with Gasteiger partial charge in [0.2, 0.25) is 4.34 Å². The largest absolute Gasteiger partial charge is 0.395 e. The summed E-state index contributed by atoms with van der Waals surface area (Å²) >= 11 is 4.39. The van der Waals surface area contributed by atoms with Crippen molar-refractivity contribution in [1.82, 2.24) is 9.29 Å². The van der Waals surface area contributed by atoms with Gasteiger partial charge in [0, 0.05) is 12.6 Å². The van der Waals surface area contributed by atoms with E-state index in [1.165, 1.54) is 4.31 Å². The van der Waals surface area contributed by atoms with E-state index in [2.05, 4.69) is 20.9 Å². The topological polar surface area (TPSA) is 70.5 Å². The summed E-state index contributed by atoms with van der Waals surface area (Å²) in [5.74, 6) is 0. The Morgan fingerprint density at radius 3 is 2.65 bits per heavy atom. The predicted octanol–water partition coefficient (Wildman–Crippen LogP) is 1.36. The van der Waals surface area contributed by atoms with Crippen molar-refractivity contribution < 1.29 is 13.5 Å². The van der Waals surface area contributed by atoms with Crippen molar-refractivity contribution in [3.05, 3.63) is 9.48 Å². The summed E-state index contributed by atoms with van der Waals surface area (Å²) in [4.78, 5) is 4.06. The number of thiazole rings is 1. The van der Waals surface area contributed by atoms with Crippen LogP contribution in [0.3, 0.4) is 0 Å². The van der Waals surface area contributed by atoms with Gasteiger partial charge in [0.1, 0.15) is 0 Å². The Balaban J connectivity index is 2.33. The molecule has 2 rings (SSSR count). The van der Waals surface area contributed by atoms with E-state index in [-0.39, 0.29) is 23.5 Å². The summed E-state index contributed by atoms with van der Waals surface area (Å²) in [5, 5.41) is 8.95. The summed E-state index contributed by atoms with van der Waals surface area (Å²) in [5.41, 5.74) is 0.674. The highest BCUT2D eigenvalue weighted by molar-refractivity contribution is 9.11. The van der Waals surface area contributed by atoms with Gasteiger partial charge in [-0.15, -0.1) is 0 Å². The number of rotatable bonds is 5. The highest BCUT2D eigenvalue weighted by Gasteiger charge is 2.39. The minimum Gasteiger partial charge on any atom is -0.395 e. The number of aryl methyl sites for hydroxylation is 1. The molecule has 1 saturated carbocycles. The number of hydrogen-bond donors (Lipinski definition) is 1. The third-order valence-electron chi connectivity index (χ3n) is 2.52. The molecule has 0 bridgehead atoms. The van der Waals surface area contributed by atoms with Crippen LogP contribution in [0.1, 0.15) is 18.5 Å². The molecule has 0 aromatic carbocycles. The van der Waals surface area contributed by atoms with Crippen molar-refractivity contribution >= 4 is 37.3 Å². The van der Waals surface area contributed by atoms with Gasteiger partial charge >= 0.3 is 0 Å². The van der Waals surface area contributed by atoms with Gasteiger partial charge in [0.05, 0.1) is 16.1 Å². The average molecular weight is 341 g/mol. The van der Waals surface area contributed by atoms with Gasteiger partial charge in [-0.1, -0.05) is 11.3 Å². The second-order valence-electron chi connectivity index (χ2n) is 3.91. The molecule has 1 fully saturated rings. The third kappa shape index (κ3) is 2.70. The number of aromatic nitrogens is 1. The van der Waals surface area contributed by atoms with Crippen molar-refractivity contribution in [1.29, 1.82) is 0 Å². The summed E-state index contributed by atoms with van der Waals surface area (Å²) in [7, 11) is -3.55. The first-order valence-corrected chi connectivity index (χ1v) is 8.27. The van der Waals surface area contributed by atoms with Gasteiger partial charge in [0.25, 0.3) is 10.0 Å². The Morgan fingerprint density at radius 2 is 2.24 bits per heavy atom. The number of nitrogens with zero attached hydrogens (tertiary/aromatic N) is 2. The maximum Gasteiger partial charge on any atom is 0.270 e. The lowest BCUT2D eigenvalue weighted by molar-refractivity contribution is 0.250. The van der Waals surface area contributed by atoms with E-state index in [1.807, 2.05) is 0 Å². The zero-order valence-electron chi connectivity index (χ0n) is 9.26. The highest BCUT2D eigenvalue weighted by atomic mass is 79.9. The van der Waals surface area contributed by atoms with Crippen molar-refractivity contribution in [2.75, 3.05) is 13.2 Å². The van der Waals surface area contributed by atoms with Crippen LogP contribution in [0.25, 0.3) is 0 Å². The molecule has 1 heterocycles. The quantitative estimate of drug-likeness (QED) is 0.878. The van der Waals surface area contributed by atoms with Crippen LogP contribution in [0, 0.1) is 6.92 Å². The minimum absolute atomic E-state index is 0.0372. The van der Waals surface area contributed by atoms with Crippen LogP contribution < -0.4 is 0 Å². The smallest absolute Gasteiger partial charge is 0.270 e. The first kappa shape index (κ1) is 13.4. The van der Waals surface area contributed by atoms with Crippen molar-refractivity contribution in [3.63, 3.8) is 0 Å². The average Bonchev–Trinajstić information content (AvgIpc) is 3.03. The van der Waals surface area contributed by atoms with Crippen molar-refractivity contribution in [3.8, 4) is 0 Å². The molecule has 0 spiro atoms. The van der Waals surface area contributed by atoms with Crippen LogP contribution >= 0.6 is 27.3 Å². The summed E-state index contributed by atoms with van der Waals surface area (Å²) < 4.78 is 26.8. The first-order valence-electron chi connectivity index (χ1n) is 5.22. The maximum absolute atomic E-state index is 12.3. The lowest BCUT2D eigenvalue weighted by Gasteiger charge is -2.18. The lowest BCUT2D eigenvalue weighted by Crippen LogP contribution is -2.35. The number of aliphatic hydroxyl groups excluding tert-OH is 1. The van der Waals surface area contributed by atoms with Crippen molar-refractivity contribution in [2.24, 2.45) is 0 Å². The van der Waals surface area contributed by atoms with E-state index in [0.29, 0.717) is 5.69 Å². The molecule has 1 aromatic rings. The second kappa shape index (κ2) is 4.93. The van der Waals surface area contributed by atoms with Gasteiger partial charge < -0.3 is 5.11 Å². The molecule has 1 aliphatic rings. The van der Waals surface area contributed by atoms with E-state index >= 15 is 0 Å². The molecule has 0 saturated heterocycles. The van der Waals surface area contributed by atoms with E-state index in [0.717, 1.165) is 28.0 Å². The van der Waals surface area contributed by atoms with Gasteiger partial charge in [0.15, 0.2) is 0 Å². The zero-order chi connectivity index (χ0) is 12.6. The fourth-order valence-electron chi connectivity index (χ4n) is 1.52. The molecule has 1 aromatic heterocycles. The zero-order valence-corrected chi connectivity index (χ0v) is 12.5. The van der Waals surface area contributed by atoms with Gasteiger partial charge in [-0.05, 0) is 35.7 Å². The monoisotopic (exact) mass is 340 g/mol. The van der Waals surface area contributed by atoms with Crippen LogP contribution in [0.4, 0.5) is 0 Å². The van der Waals surface area contributed by atoms with Gasteiger partial charge in [-0.2, -0.15) is 4.31 Å². The molecule has 1 aliphatic carbocycles. The highest BCUT2D eigenvalue weighted by Crippen LogP contribution is 2.35. The summed E-state index contributed by atoms with van der Waals surface area (Å²) in [6.45, 7) is 1.73. The Kier molecular flexibility index (Phi) is 3.89. The van der Waals surface area contributed by atoms with Crippen LogP contribution in [0.15, 0.2) is 8.13 Å². The Bertz CT molecular complexity index is 491. The van der Waals surface area contributed by atoms with Crippen LogP contribution in [0.2, 0.25) is 0 Å². The molecule has 0 aliphatic heterocycles. The number of halogens is 1. The van der Waals surface area contributed by atoms with Gasteiger partial charge in [-0.3, -0.25) is 0 Å². The predicted molar refractivity (Wildman–Crippen MR) is 68.6 cm³/mol. The fourth-order valence-corrected chi connectivity index (χ4v) is 5.26. The van der Waals surface area contributed by atoms with Crippen LogP contribution in [-0.4, -0.2) is 42.0 Å². The lowest BCUT2D eigenvalue weighted by atomic mass is 10.6. The van der Waals surface area contributed by atoms with Crippen molar-refractivity contribution in [2.45, 2.75) is 30.1 Å². The Labute approximate surface area is 113 Å². The molecule has 0 radical (unpaired) electrons. The van der Waals surface area contributed by atoms with Gasteiger partial charge in [-0.25, -0.2) is 13.4 Å². The maximum atomic E-state index is 12.3. The third-order valence-corrected chi connectivity index (χ3v) is 6.84. The molecule has 1 N–H and O–H groups in total. The minimum atomic E-state index is -3.55. The van der Waals surface area contributed by atoms with Crippen LogP contribution in [-0.2, 0) is 10.0 Å². The molecule has 8 heteroatoms. The molecule has 0 amide bonds. The fraction of sp³-hybridized carbons (Fsp3) is 0.667. The SMILES string of the molecule is Cc1nc(S(=O)(=O)N(CCO)C2CC2)sc1Br. The molecule has 5 nitrogen and oxygen atoms in total. The number of sulfonamides is 1. The second-order valence-corrected chi connectivity index (χ2v) is 8.29. The first-order chi connectivity index (χ1) is 7.96. The Morgan fingerprint density at radius 1 is 1.59 bits per heavy atom. The standard InChI is InChI=1S/C9H13BrN2O3S2/c1-6-8(10)16-9(11-6)17(14,15)12(4-5-13)7-2-3-7/h7,13H,2-5H2,1H3. The molecule has 96 valence electrons. The summed E-state index contributed by atoms with van der Waals surface area (Å²) in [6, 6.07) is 0.0372. The molecular weight excluding hydrogens is 328 g/mol. The number of aliphatic hydroxyl groups is 1. The van der Waals surface area contributed by atoms with Crippen LogP contribution in [0.5, 0.6) is 0 Å². The van der Waals surface area contributed by atoms with E-state index in [9.17, 15) is 8.42 Å². The molecule has 0 atom stereocenters. The molecule has 0 unspecified atom stereocenters. The van der Waals surface area contributed by atoms with E-state index in [1.54, 1.807) is 6.92 Å². The molecule has 17 heavy (non-hydrogen) atoms. The number of hydrogen-bond acceptors (Lipinski definition) is 5. The summed E-state index contributed by atoms with van der Waals surface area (Å²) in [6.07, 6.45) is 1.73. The van der Waals surface area contributed by atoms with E-state index < -0.39 is 10.0 Å². The van der Waals surface area contributed by atoms with E-state index in [4.69, 9.17) is 5.11 Å². The normalized spacial score (nSPS) is 16.7. The Hall–Kier alpha value is -0.0200.